The molecule has 27 heavy (non-hydrogen) atoms. The molecule has 0 saturated heterocycles. The molecular weight excluding hydrogens is 398 g/mol. The molecule has 3 aromatic rings. The Morgan fingerprint density at radius 1 is 1.26 bits per heavy atom. The second kappa shape index (κ2) is 7.19. The number of aromatic nitrogens is 2. The van der Waals surface area contributed by atoms with Gasteiger partial charge in [-0.1, -0.05) is 23.4 Å². The molecule has 1 aromatic carbocycles. The average molecular weight is 417 g/mol. The van der Waals surface area contributed by atoms with Crippen LogP contribution in [0, 0.1) is 0 Å². The molecule has 0 amide bonds. The van der Waals surface area contributed by atoms with Gasteiger partial charge in [-0.25, -0.2) is 4.57 Å². The molecule has 0 unspecified atom stereocenters. The van der Waals surface area contributed by atoms with Crippen LogP contribution < -0.4 is 24.2 Å². The molecule has 0 atom stereocenters. The number of anilines is 1. The van der Waals surface area contributed by atoms with Crippen molar-refractivity contribution in [3.05, 3.63) is 72.9 Å². The van der Waals surface area contributed by atoms with Gasteiger partial charge in [-0.15, -0.1) is 11.3 Å². The van der Waals surface area contributed by atoms with Crippen molar-refractivity contribution in [1.29, 1.82) is 0 Å². The number of hydrogen-bond donors (Lipinski definition) is 0. The van der Waals surface area contributed by atoms with Crippen LogP contribution in [-0.2, 0) is 13.6 Å². The summed E-state index contributed by atoms with van der Waals surface area (Å²) in [7, 11) is 3.99. The maximum absolute atomic E-state index is 13.1. The predicted molar refractivity (Wildman–Crippen MR) is 114 cm³/mol. The van der Waals surface area contributed by atoms with E-state index in [9.17, 15) is 4.79 Å². The third kappa shape index (κ3) is 3.22. The summed E-state index contributed by atoms with van der Waals surface area (Å²) < 4.78 is 5.60. The summed E-state index contributed by atoms with van der Waals surface area (Å²) in [5, 5.41) is 1.66. The highest BCUT2D eigenvalue weighted by Gasteiger charge is 2.25. The van der Waals surface area contributed by atoms with Gasteiger partial charge in [0.1, 0.15) is 21.3 Å². The molecule has 1 aliphatic heterocycles. The fraction of sp³-hybridized carbons (Fsp3) is 0.200. The van der Waals surface area contributed by atoms with E-state index in [2.05, 4.69) is 11.0 Å². The molecule has 3 heterocycles. The predicted octanol–water partition coefficient (Wildman–Crippen LogP) is 2.54. The SMILES string of the molecule is CCn1c(=O)/c(=C2\Sc3ccc(Cl)cc3N2C)s/c1=C\c1cccc[n+]1C. The summed E-state index contributed by atoms with van der Waals surface area (Å²) >= 11 is 9.32. The second-order valence-electron chi connectivity index (χ2n) is 6.28. The summed E-state index contributed by atoms with van der Waals surface area (Å²) in [5.41, 5.74) is 2.15. The van der Waals surface area contributed by atoms with Crippen molar-refractivity contribution in [2.45, 2.75) is 18.4 Å². The zero-order valence-electron chi connectivity index (χ0n) is 15.3. The largest absolute Gasteiger partial charge is 0.337 e. The van der Waals surface area contributed by atoms with Gasteiger partial charge in [0.25, 0.3) is 5.56 Å². The van der Waals surface area contributed by atoms with Crippen LogP contribution >= 0.6 is 34.7 Å². The molecular formula is C20H19ClN3OS2+. The van der Waals surface area contributed by atoms with Gasteiger partial charge < -0.3 is 4.90 Å². The molecule has 0 spiro atoms. The van der Waals surface area contributed by atoms with Gasteiger partial charge in [0.2, 0.25) is 5.69 Å². The molecule has 4 nitrogen and oxygen atoms in total. The minimum Gasteiger partial charge on any atom is -0.337 e. The van der Waals surface area contributed by atoms with Gasteiger partial charge in [-0.2, -0.15) is 0 Å². The highest BCUT2D eigenvalue weighted by atomic mass is 35.5. The van der Waals surface area contributed by atoms with Crippen molar-refractivity contribution >= 4 is 51.5 Å². The van der Waals surface area contributed by atoms with Gasteiger partial charge in [-0.05, 0) is 31.2 Å². The highest BCUT2D eigenvalue weighted by molar-refractivity contribution is 8.08. The van der Waals surface area contributed by atoms with Gasteiger partial charge in [0, 0.05) is 41.7 Å². The second-order valence-corrected chi connectivity index (χ2v) is 8.78. The maximum atomic E-state index is 13.1. The third-order valence-corrected chi connectivity index (χ3v) is 7.30. The number of thioether (sulfide) groups is 1. The monoisotopic (exact) mass is 416 g/mol. The van der Waals surface area contributed by atoms with Crippen molar-refractivity contribution in [2.24, 2.45) is 7.05 Å². The van der Waals surface area contributed by atoms with Crippen molar-refractivity contribution < 1.29 is 4.57 Å². The van der Waals surface area contributed by atoms with E-state index in [-0.39, 0.29) is 5.56 Å². The molecule has 0 saturated carbocycles. The average Bonchev–Trinajstić information content (AvgIpc) is 3.14. The number of benzene rings is 1. The van der Waals surface area contributed by atoms with Crippen molar-refractivity contribution in [3.63, 3.8) is 0 Å². The number of halogens is 1. The number of thiazole rings is 1. The van der Waals surface area contributed by atoms with Crippen LogP contribution in [0.3, 0.4) is 0 Å². The van der Waals surface area contributed by atoms with Gasteiger partial charge >= 0.3 is 0 Å². The Labute approximate surface area is 170 Å². The summed E-state index contributed by atoms with van der Waals surface area (Å²) in [5.74, 6) is 0. The van der Waals surface area contributed by atoms with Crippen LogP contribution in [0.15, 0.2) is 52.3 Å². The van der Waals surface area contributed by atoms with Crippen molar-refractivity contribution in [3.8, 4) is 0 Å². The standard InChI is InChI=1S/C20H19ClN3OS2/c1-4-24-17(12-14-7-5-6-10-22(14)2)27-18(19(24)25)20-23(3)15-11-13(21)8-9-16(15)26-20/h5-12H,4H2,1-3H3/q+1/b20-18+. The Morgan fingerprint density at radius 2 is 2.07 bits per heavy atom. The summed E-state index contributed by atoms with van der Waals surface area (Å²) in [6.07, 6.45) is 4.08. The molecule has 4 rings (SSSR count). The van der Waals surface area contributed by atoms with Gasteiger partial charge in [0.15, 0.2) is 6.20 Å². The lowest BCUT2D eigenvalue weighted by Gasteiger charge is -2.12. The summed E-state index contributed by atoms with van der Waals surface area (Å²) in [4.78, 5) is 16.3. The maximum Gasteiger partial charge on any atom is 0.271 e. The molecule has 0 bridgehead atoms. The first-order chi connectivity index (χ1) is 13.0. The third-order valence-electron chi connectivity index (χ3n) is 4.58. The van der Waals surface area contributed by atoms with E-state index in [0.717, 1.165) is 30.5 Å². The molecule has 0 N–H and O–H groups in total. The van der Waals surface area contributed by atoms with Crippen molar-refractivity contribution in [1.82, 2.24) is 4.57 Å². The highest BCUT2D eigenvalue weighted by Crippen LogP contribution is 2.46. The Kier molecular flexibility index (Phi) is 4.88. The van der Waals surface area contributed by atoms with E-state index in [0.29, 0.717) is 11.6 Å². The van der Waals surface area contributed by atoms with Gasteiger partial charge in [0.05, 0.1) is 5.69 Å². The lowest BCUT2D eigenvalue weighted by atomic mass is 10.3. The number of hydrogen-bond acceptors (Lipinski definition) is 4. The van der Waals surface area contributed by atoms with Crippen LogP contribution in [0.25, 0.3) is 11.1 Å². The number of pyridine rings is 1. The first-order valence-corrected chi connectivity index (χ1v) is 10.6. The number of rotatable bonds is 2. The van der Waals surface area contributed by atoms with E-state index in [1.807, 2.05) is 72.7 Å². The van der Waals surface area contributed by atoms with Gasteiger partial charge in [-0.3, -0.25) is 9.36 Å². The Hall–Kier alpha value is -2.02. The zero-order chi connectivity index (χ0) is 19.1. The first-order valence-electron chi connectivity index (χ1n) is 8.61. The molecule has 1 aliphatic rings. The van der Waals surface area contributed by atoms with Crippen molar-refractivity contribution in [2.75, 3.05) is 11.9 Å². The van der Waals surface area contributed by atoms with E-state index >= 15 is 0 Å². The smallest absolute Gasteiger partial charge is 0.271 e. The minimum absolute atomic E-state index is 0.0561. The van der Waals surface area contributed by atoms with E-state index in [4.69, 9.17) is 11.6 Å². The summed E-state index contributed by atoms with van der Waals surface area (Å²) in [6.45, 7) is 2.64. The zero-order valence-corrected chi connectivity index (χ0v) is 17.7. The van der Waals surface area contributed by atoms with Crippen LogP contribution in [0.2, 0.25) is 5.02 Å². The minimum atomic E-state index is 0.0561. The van der Waals surface area contributed by atoms with E-state index in [1.54, 1.807) is 11.8 Å². The van der Waals surface area contributed by atoms with Crippen LogP contribution in [0.1, 0.15) is 12.6 Å². The lowest BCUT2D eigenvalue weighted by molar-refractivity contribution is -0.673. The van der Waals surface area contributed by atoms with Crippen LogP contribution in [0.4, 0.5) is 5.69 Å². The molecule has 2 aromatic heterocycles. The quantitative estimate of drug-likeness (QED) is 0.601. The Morgan fingerprint density at radius 3 is 2.81 bits per heavy atom. The Bertz CT molecular complexity index is 1210. The molecule has 0 fully saturated rings. The number of aryl methyl sites for hydroxylation is 1. The molecule has 138 valence electrons. The van der Waals surface area contributed by atoms with Crippen LogP contribution in [0.5, 0.6) is 0 Å². The fourth-order valence-electron chi connectivity index (χ4n) is 3.10. The van der Waals surface area contributed by atoms with E-state index in [1.165, 1.54) is 11.3 Å². The number of nitrogens with zero attached hydrogens (tertiary/aromatic N) is 3. The fourth-order valence-corrected chi connectivity index (χ4v) is 5.71. The summed E-state index contributed by atoms with van der Waals surface area (Å²) in [6, 6.07) is 11.9. The molecule has 0 radical (unpaired) electrons. The topological polar surface area (TPSA) is 29.1 Å². The van der Waals surface area contributed by atoms with Crippen LogP contribution in [-0.4, -0.2) is 11.6 Å². The molecule has 0 aliphatic carbocycles. The first kappa shape index (κ1) is 18.3. The normalized spacial score (nSPS) is 16.1. The van der Waals surface area contributed by atoms with E-state index < -0.39 is 0 Å². The lowest BCUT2D eigenvalue weighted by Crippen LogP contribution is -2.34. The molecule has 7 heteroatoms. The Balaban J connectivity index is 1.94. The number of fused-ring (bicyclic) bond motifs is 1.